The zero-order valence-corrected chi connectivity index (χ0v) is 9.70. The molecular weight excluding hydrogens is 247 g/mol. The van der Waals surface area contributed by atoms with Gasteiger partial charge in [-0.1, -0.05) is 0 Å². The minimum Gasteiger partial charge on any atom is -0.381 e. The highest BCUT2D eigenvalue weighted by atomic mass is 19.4. The number of aromatic nitrogens is 2. The maximum absolute atomic E-state index is 12.4. The maximum Gasteiger partial charge on any atom is 0.433 e. The third-order valence-electron chi connectivity index (χ3n) is 2.81. The first-order valence-electron chi connectivity index (χ1n) is 5.77. The van der Waals surface area contributed by atoms with Gasteiger partial charge in [-0.15, -0.1) is 0 Å². The molecule has 100 valence electrons. The van der Waals surface area contributed by atoms with Crippen LogP contribution in [0, 0.1) is 5.92 Å². The van der Waals surface area contributed by atoms with Gasteiger partial charge in [-0.2, -0.15) is 13.2 Å². The third kappa shape index (κ3) is 3.56. The van der Waals surface area contributed by atoms with Crippen LogP contribution in [0.4, 0.5) is 19.1 Å². The van der Waals surface area contributed by atoms with Crippen molar-refractivity contribution in [1.29, 1.82) is 0 Å². The molecule has 1 saturated heterocycles. The van der Waals surface area contributed by atoms with Crippen LogP contribution in [0.2, 0.25) is 0 Å². The van der Waals surface area contributed by atoms with E-state index in [0.717, 1.165) is 38.3 Å². The molecule has 1 N–H and O–H groups in total. The number of nitrogens with zero attached hydrogens (tertiary/aromatic N) is 2. The van der Waals surface area contributed by atoms with Gasteiger partial charge < -0.3 is 10.1 Å². The van der Waals surface area contributed by atoms with Gasteiger partial charge in [0.25, 0.3) is 0 Å². The fourth-order valence-corrected chi connectivity index (χ4v) is 1.80. The molecule has 2 heterocycles. The first kappa shape index (κ1) is 13.1. The highest BCUT2D eigenvalue weighted by molar-refractivity contribution is 5.25. The van der Waals surface area contributed by atoms with Gasteiger partial charge in [0, 0.05) is 26.0 Å². The summed E-state index contributed by atoms with van der Waals surface area (Å²) in [6, 6.07) is 0.857. The Morgan fingerprint density at radius 1 is 1.44 bits per heavy atom. The van der Waals surface area contributed by atoms with Crippen LogP contribution < -0.4 is 5.32 Å². The van der Waals surface area contributed by atoms with Crippen molar-refractivity contribution in [3.05, 3.63) is 18.0 Å². The highest BCUT2D eigenvalue weighted by Crippen LogP contribution is 2.27. The molecule has 0 bridgehead atoms. The Kier molecular flexibility index (Phi) is 4.00. The fraction of sp³-hybridized carbons (Fsp3) is 0.636. The summed E-state index contributed by atoms with van der Waals surface area (Å²) in [4.78, 5) is 7.19. The van der Waals surface area contributed by atoms with E-state index in [9.17, 15) is 13.2 Å². The molecule has 2 rings (SSSR count). The number of halogens is 3. The van der Waals surface area contributed by atoms with E-state index < -0.39 is 11.9 Å². The van der Waals surface area contributed by atoms with Crippen molar-refractivity contribution in [2.24, 2.45) is 5.92 Å². The second-order valence-corrected chi connectivity index (χ2v) is 4.21. The average Bonchev–Trinajstić information content (AvgIpc) is 2.81. The van der Waals surface area contributed by atoms with E-state index >= 15 is 0 Å². The van der Waals surface area contributed by atoms with Crippen LogP contribution in [0.5, 0.6) is 0 Å². The summed E-state index contributed by atoms with van der Waals surface area (Å²) < 4.78 is 42.4. The summed E-state index contributed by atoms with van der Waals surface area (Å²) in [7, 11) is 0. The number of ether oxygens (including phenoxy) is 1. The zero-order chi connectivity index (χ0) is 13.0. The molecule has 1 unspecified atom stereocenters. The summed E-state index contributed by atoms with van der Waals surface area (Å²) in [5.41, 5.74) is -0.927. The van der Waals surface area contributed by atoms with E-state index in [-0.39, 0.29) is 5.95 Å². The summed E-state index contributed by atoms with van der Waals surface area (Å²) in [6.07, 6.45) is -1.47. The molecule has 0 aromatic carbocycles. The smallest absolute Gasteiger partial charge is 0.381 e. The molecule has 1 aromatic heterocycles. The normalized spacial score (nSPS) is 20.1. The van der Waals surface area contributed by atoms with Crippen molar-refractivity contribution in [3.8, 4) is 0 Å². The lowest BCUT2D eigenvalue weighted by atomic mass is 10.1. The van der Waals surface area contributed by atoms with Crippen LogP contribution in [0.25, 0.3) is 0 Å². The highest BCUT2D eigenvalue weighted by Gasteiger charge is 2.32. The van der Waals surface area contributed by atoms with Crippen LogP contribution in [0.1, 0.15) is 18.5 Å². The maximum atomic E-state index is 12.4. The molecule has 0 spiro atoms. The van der Waals surface area contributed by atoms with E-state index in [4.69, 9.17) is 4.74 Å². The molecule has 18 heavy (non-hydrogen) atoms. The average molecular weight is 261 g/mol. The van der Waals surface area contributed by atoms with Crippen molar-refractivity contribution in [3.63, 3.8) is 0 Å². The molecule has 0 saturated carbocycles. The van der Waals surface area contributed by atoms with Gasteiger partial charge in [0.2, 0.25) is 5.95 Å². The topological polar surface area (TPSA) is 47.0 Å². The molecule has 1 aliphatic heterocycles. The Morgan fingerprint density at radius 2 is 2.28 bits per heavy atom. The summed E-state index contributed by atoms with van der Waals surface area (Å²) in [6.45, 7) is 2.05. The van der Waals surface area contributed by atoms with E-state index in [1.807, 2.05) is 0 Å². The third-order valence-corrected chi connectivity index (χ3v) is 2.81. The van der Waals surface area contributed by atoms with E-state index in [1.54, 1.807) is 0 Å². The van der Waals surface area contributed by atoms with Crippen LogP contribution in [-0.4, -0.2) is 29.7 Å². The quantitative estimate of drug-likeness (QED) is 0.903. The fourth-order valence-electron chi connectivity index (χ4n) is 1.80. The zero-order valence-electron chi connectivity index (χ0n) is 9.70. The number of alkyl halides is 3. The van der Waals surface area contributed by atoms with Crippen molar-refractivity contribution in [2.75, 3.05) is 25.1 Å². The van der Waals surface area contributed by atoms with Gasteiger partial charge >= 0.3 is 6.18 Å². The van der Waals surface area contributed by atoms with Gasteiger partial charge in [-0.05, 0) is 24.8 Å². The van der Waals surface area contributed by atoms with Crippen LogP contribution >= 0.6 is 0 Å². The predicted molar refractivity (Wildman–Crippen MR) is 59.1 cm³/mol. The number of nitrogens with one attached hydrogen (secondary N) is 1. The molecule has 1 atom stereocenters. The Hall–Kier alpha value is -1.37. The molecule has 1 aromatic rings. The van der Waals surface area contributed by atoms with Crippen LogP contribution in [-0.2, 0) is 10.9 Å². The minimum absolute atomic E-state index is 0.0174. The Labute approximate surface area is 103 Å². The molecule has 1 fully saturated rings. The van der Waals surface area contributed by atoms with Gasteiger partial charge in [0.05, 0.1) is 0 Å². The van der Waals surface area contributed by atoms with Crippen molar-refractivity contribution in [1.82, 2.24) is 9.97 Å². The summed E-state index contributed by atoms with van der Waals surface area (Å²) >= 11 is 0. The molecule has 4 nitrogen and oxygen atoms in total. The lowest BCUT2D eigenvalue weighted by Gasteiger charge is -2.10. The van der Waals surface area contributed by atoms with E-state index in [2.05, 4.69) is 15.3 Å². The minimum atomic E-state index is -4.43. The first-order chi connectivity index (χ1) is 8.55. The predicted octanol–water partition coefficient (Wildman–Crippen LogP) is 2.33. The van der Waals surface area contributed by atoms with Crippen LogP contribution in [0.15, 0.2) is 12.3 Å². The standard InChI is InChI=1S/C11H14F3N3O/c12-11(13,14)9-2-5-16-10(17-9)15-4-1-8-3-6-18-7-8/h2,5,8H,1,3-4,6-7H2,(H,15,16,17). The lowest BCUT2D eigenvalue weighted by molar-refractivity contribution is -0.141. The van der Waals surface area contributed by atoms with Crippen molar-refractivity contribution < 1.29 is 17.9 Å². The first-order valence-corrected chi connectivity index (χ1v) is 5.77. The number of hydrogen-bond donors (Lipinski definition) is 1. The Bertz CT molecular complexity index is 391. The molecule has 0 aliphatic carbocycles. The Balaban J connectivity index is 1.85. The second-order valence-electron chi connectivity index (χ2n) is 4.21. The number of anilines is 1. The monoisotopic (exact) mass is 261 g/mol. The molecule has 1 aliphatic rings. The van der Waals surface area contributed by atoms with Gasteiger partial charge in [0.15, 0.2) is 0 Å². The van der Waals surface area contributed by atoms with Crippen LogP contribution in [0.3, 0.4) is 0 Å². The van der Waals surface area contributed by atoms with Crippen molar-refractivity contribution >= 4 is 5.95 Å². The summed E-state index contributed by atoms with van der Waals surface area (Å²) in [5.74, 6) is 0.493. The van der Waals surface area contributed by atoms with Gasteiger partial charge in [0.1, 0.15) is 5.69 Å². The number of rotatable bonds is 4. The van der Waals surface area contributed by atoms with Gasteiger partial charge in [-0.25, -0.2) is 9.97 Å². The number of hydrogen-bond acceptors (Lipinski definition) is 4. The van der Waals surface area contributed by atoms with E-state index in [0.29, 0.717) is 12.5 Å². The molecule has 0 amide bonds. The molecule has 7 heteroatoms. The lowest BCUT2D eigenvalue weighted by Crippen LogP contribution is -2.14. The van der Waals surface area contributed by atoms with Crippen molar-refractivity contribution in [2.45, 2.75) is 19.0 Å². The SMILES string of the molecule is FC(F)(F)c1ccnc(NCCC2CCOC2)n1. The van der Waals surface area contributed by atoms with E-state index in [1.165, 1.54) is 0 Å². The molecule has 0 radical (unpaired) electrons. The largest absolute Gasteiger partial charge is 0.433 e. The van der Waals surface area contributed by atoms with Gasteiger partial charge in [-0.3, -0.25) is 0 Å². The second kappa shape index (κ2) is 5.51. The summed E-state index contributed by atoms with van der Waals surface area (Å²) in [5, 5.41) is 2.81. The molecular formula is C11H14F3N3O. The Morgan fingerprint density at radius 3 is 2.94 bits per heavy atom.